The van der Waals surface area contributed by atoms with Crippen LogP contribution < -0.4 is 16.2 Å². The van der Waals surface area contributed by atoms with Crippen LogP contribution in [0, 0.1) is 23.7 Å². The largest absolute Gasteiger partial charge is 0.489 e. The molecule has 1 unspecified atom stereocenters. The van der Waals surface area contributed by atoms with Gasteiger partial charge in [-0.2, -0.15) is 0 Å². The van der Waals surface area contributed by atoms with E-state index in [9.17, 15) is 9.90 Å². The molecule has 4 rings (SSSR count). The Morgan fingerprint density at radius 3 is 2.55 bits per heavy atom. The van der Waals surface area contributed by atoms with Crippen LogP contribution in [-0.4, -0.2) is 20.8 Å². The van der Waals surface area contributed by atoms with E-state index in [1.165, 1.54) is 6.42 Å². The predicted octanol–water partition coefficient (Wildman–Crippen LogP) is 4.54. The number of nitrogens with two attached hydrogens (primary N) is 1. The molecule has 3 aromatic rings. The van der Waals surface area contributed by atoms with E-state index in [0.717, 1.165) is 29.4 Å². The van der Waals surface area contributed by atoms with Crippen molar-refractivity contribution in [3.63, 3.8) is 0 Å². The second-order valence-electron chi connectivity index (χ2n) is 9.92. The highest BCUT2D eigenvalue weighted by Gasteiger charge is 2.37. The molecule has 4 atom stereocenters. The fourth-order valence-electron chi connectivity index (χ4n) is 5.50. The number of rotatable bonds is 8. The molecule has 1 heterocycles. The molecule has 1 fully saturated rings. The summed E-state index contributed by atoms with van der Waals surface area (Å²) in [6, 6.07) is 15.7. The quantitative estimate of drug-likeness (QED) is 0.527. The Morgan fingerprint density at radius 2 is 1.85 bits per heavy atom. The third-order valence-electron chi connectivity index (χ3n) is 7.26. The first-order chi connectivity index (χ1) is 15.9. The Hall–Kier alpha value is -2.57. The molecule has 178 valence electrons. The Labute approximate surface area is 196 Å². The van der Waals surface area contributed by atoms with Gasteiger partial charge in [-0.05, 0) is 48.3 Å². The molecule has 0 radical (unpaired) electrons. The number of aliphatic hydroxyl groups is 1. The van der Waals surface area contributed by atoms with Crippen LogP contribution in [0.15, 0.2) is 53.3 Å². The highest BCUT2D eigenvalue weighted by molar-refractivity contribution is 5.78. The molecule has 0 amide bonds. The summed E-state index contributed by atoms with van der Waals surface area (Å²) in [4.78, 5) is 13.5. The molecule has 1 aliphatic carbocycles. The first-order valence-electron chi connectivity index (χ1n) is 12.2. The molecule has 1 aliphatic rings. The van der Waals surface area contributed by atoms with Crippen LogP contribution in [0.5, 0.6) is 5.75 Å². The van der Waals surface area contributed by atoms with Crippen LogP contribution >= 0.6 is 0 Å². The van der Waals surface area contributed by atoms with Gasteiger partial charge in [0.15, 0.2) is 0 Å². The van der Waals surface area contributed by atoms with Crippen molar-refractivity contribution in [2.75, 3.05) is 6.54 Å². The summed E-state index contributed by atoms with van der Waals surface area (Å²) in [5, 5.41) is 11.6. The maximum Gasteiger partial charge on any atom is 0.331 e. The average molecular weight is 452 g/mol. The van der Waals surface area contributed by atoms with Gasteiger partial charge in [-0.25, -0.2) is 4.79 Å². The van der Waals surface area contributed by atoms with Gasteiger partial charge in [0, 0.05) is 25.1 Å². The Bertz CT molecular complexity index is 1120. The van der Waals surface area contributed by atoms with Gasteiger partial charge in [0.25, 0.3) is 0 Å². The van der Waals surface area contributed by atoms with E-state index >= 15 is 0 Å². The van der Waals surface area contributed by atoms with Gasteiger partial charge in [-0.3, -0.25) is 9.13 Å². The van der Waals surface area contributed by atoms with Gasteiger partial charge in [-0.15, -0.1) is 0 Å². The molecular weight excluding hydrogens is 414 g/mol. The van der Waals surface area contributed by atoms with Crippen molar-refractivity contribution in [2.24, 2.45) is 29.4 Å². The molecule has 6 heteroatoms. The van der Waals surface area contributed by atoms with Gasteiger partial charge in [0.1, 0.15) is 18.6 Å². The Morgan fingerprint density at radius 1 is 1.09 bits per heavy atom. The highest BCUT2D eigenvalue weighted by Crippen LogP contribution is 2.43. The predicted molar refractivity (Wildman–Crippen MR) is 132 cm³/mol. The number of imidazole rings is 1. The lowest BCUT2D eigenvalue weighted by Gasteiger charge is -2.40. The summed E-state index contributed by atoms with van der Waals surface area (Å²) < 4.78 is 9.26. The lowest BCUT2D eigenvalue weighted by atomic mass is 9.69. The molecule has 0 spiro atoms. The number of hydrogen-bond donors (Lipinski definition) is 2. The molecule has 3 N–H and O–H groups in total. The first-order valence-corrected chi connectivity index (χ1v) is 12.2. The van der Waals surface area contributed by atoms with Crippen molar-refractivity contribution in [1.82, 2.24) is 9.13 Å². The lowest BCUT2D eigenvalue weighted by molar-refractivity contribution is -0.0297. The monoisotopic (exact) mass is 451 g/mol. The van der Waals surface area contributed by atoms with Crippen LogP contribution in [0.1, 0.15) is 51.8 Å². The van der Waals surface area contributed by atoms with E-state index in [0.29, 0.717) is 43.2 Å². The van der Waals surface area contributed by atoms with Gasteiger partial charge in [0.05, 0.1) is 11.0 Å². The van der Waals surface area contributed by atoms with Crippen molar-refractivity contribution in [3.8, 4) is 5.75 Å². The number of nitrogens with zero attached hydrogens (tertiary/aromatic N) is 2. The van der Waals surface area contributed by atoms with E-state index in [-0.39, 0.29) is 11.6 Å². The van der Waals surface area contributed by atoms with Crippen molar-refractivity contribution in [3.05, 3.63) is 64.6 Å². The van der Waals surface area contributed by atoms with E-state index in [1.54, 1.807) is 9.13 Å². The standard InChI is InChI=1S/C27H37N3O3/c1-18(2)22-11-9-19(3)15-23(22)26(31)30-24-12-10-21(33-17-20-7-5-4-6-8-20)16-25(24)29(14-13-28)27(30)32/h4-8,10,12,16,18-19,22-23,26,31H,9,11,13-15,17,28H2,1-3H3/t19-,22+,23-,26?/m1/s1. The van der Waals surface area contributed by atoms with Crippen LogP contribution in [0.3, 0.4) is 0 Å². The summed E-state index contributed by atoms with van der Waals surface area (Å²) in [6.45, 7) is 7.87. The zero-order chi connectivity index (χ0) is 23.5. The second kappa shape index (κ2) is 10.1. The number of ether oxygens (including phenoxy) is 1. The molecule has 1 saturated carbocycles. The third-order valence-corrected chi connectivity index (χ3v) is 7.26. The Kier molecular flexibility index (Phi) is 7.25. The minimum absolute atomic E-state index is 0.0531. The van der Waals surface area contributed by atoms with E-state index < -0.39 is 6.23 Å². The van der Waals surface area contributed by atoms with Crippen molar-refractivity contribution in [2.45, 2.75) is 59.4 Å². The maximum absolute atomic E-state index is 13.5. The molecule has 0 bridgehead atoms. The normalized spacial score (nSPS) is 22.1. The topological polar surface area (TPSA) is 82.4 Å². The number of benzene rings is 2. The summed E-state index contributed by atoms with van der Waals surface area (Å²) >= 11 is 0. The fraction of sp³-hybridized carbons (Fsp3) is 0.519. The number of fused-ring (bicyclic) bond motifs is 1. The molecule has 0 saturated heterocycles. The number of aliphatic hydroxyl groups excluding tert-OH is 1. The van der Waals surface area contributed by atoms with Crippen LogP contribution in [0.25, 0.3) is 11.0 Å². The van der Waals surface area contributed by atoms with Gasteiger partial charge < -0.3 is 15.6 Å². The number of hydrogen-bond acceptors (Lipinski definition) is 4. The maximum atomic E-state index is 13.5. The van der Waals surface area contributed by atoms with Crippen LogP contribution in [0.4, 0.5) is 0 Å². The van der Waals surface area contributed by atoms with Crippen LogP contribution in [-0.2, 0) is 13.2 Å². The molecule has 1 aromatic heterocycles. The van der Waals surface area contributed by atoms with Crippen molar-refractivity contribution in [1.29, 1.82) is 0 Å². The summed E-state index contributed by atoms with van der Waals surface area (Å²) in [6.07, 6.45) is 2.34. The van der Waals surface area contributed by atoms with Gasteiger partial charge in [0.2, 0.25) is 0 Å². The van der Waals surface area contributed by atoms with E-state index in [1.807, 2.05) is 48.5 Å². The zero-order valence-corrected chi connectivity index (χ0v) is 20.0. The van der Waals surface area contributed by atoms with E-state index in [2.05, 4.69) is 20.8 Å². The first kappa shape index (κ1) is 23.6. The lowest BCUT2D eigenvalue weighted by Crippen LogP contribution is -2.38. The molecular formula is C27H37N3O3. The van der Waals surface area contributed by atoms with Gasteiger partial charge >= 0.3 is 5.69 Å². The van der Waals surface area contributed by atoms with Crippen molar-refractivity contribution >= 4 is 11.0 Å². The average Bonchev–Trinajstić information content (AvgIpc) is 3.08. The highest BCUT2D eigenvalue weighted by atomic mass is 16.5. The van der Waals surface area contributed by atoms with Crippen LogP contribution in [0.2, 0.25) is 0 Å². The minimum atomic E-state index is -0.856. The molecule has 0 aliphatic heterocycles. The number of aromatic nitrogens is 2. The smallest absolute Gasteiger partial charge is 0.331 e. The molecule has 33 heavy (non-hydrogen) atoms. The van der Waals surface area contributed by atoms with Gasteiger partial charge in [-0.1, -0.05) is 57.5 Å². The molecule has 2 aromatic carbocycles. The van der Waals surface area contributed by atoms with E-state index in [4.69, 9.17) is 10.5 Å². The third kappa shape index (κ3) is 4.87. The SMILES string of the molecule is CC(C)[C@@H]1CC[C@@H](C)C[C@H]1C(O)n1c(=O)n(CCN)c2cc(OCc3ccccc3)ccc21. The van der Waals surface area contributed by atoms with Crippen molar-refractivity contribution < 1.29 is 9.84 Å². The second-order valence-corrected chi connectivity index (χ2v) is 9.92. The fourth-order valence-corrected chi connectivity index (χ4v) is 5.50. The summed E-state index contributed by atoms with van der Waals surface area (Å²) in [5.41, 5.74) is 8.19. The summed E-state index contributed by atoms with van der Waals surface area (Å²) in [7, 11) is 0. The minimum Gasteiger partial charge on any atom is -0.489 e. The Balaban J connectivity index is 1.70. The molecule has 6 nitrogen and oxygen atoms in total. The summed E-state index contributed by atoms with van der Waals surface area (Å²) in [5.74, 6) is 2.14. The zero-order valence-electron chi connectivity index (χ0n) is 20.0.